The van der Waals surface area contributed by atoms with Crippen LogP contribution in [0.15, 0.2) is 60.8 Å². The van der Waals surface area contributed by atoms with Crippen molar-refractivity contribution in [3.05, 3.63) is 71.9 Å². The van der Waals surface area contributed by atoms with Crippen molar-refractivity contribution in [2.24, 2.45) is 0 Å². The number of nitrogens with one attached hydrogen (secondary N) is 2. The number of carboxylic acids is 1. The van der Waals surface area contributed by atoms with E-state index in [4.69, 9.17) is 0 Å². The fraction of sp³-hybridized carbons (Fsp3) is 0.111. The van der Waals surface area contributed by atoms with Gasteiger partial charge in [0.15, 0.2) is 0 Å². The number of rotatable bonds is 5. The second kappa shape index (κ2) is 6.36. The summed E-state index contributed by atoms with van der Waals surface area (Å²) in [6.45, 7) is 0. The number of H-pyrrole nitrogens is 1. The lowest BCUT2D eigenvalue weighted by atomic mass is 10.0. The summed E-state index contributed by atoms with van der Waals surface area (Å²) in [5, 5.41) is 14.9. The van der Waals surface area contributed by atoms with Crippen molar-refractivity contribution >= 4 is 22.8 Å². The van der Waals surface area contributed by atoms with Crippen LogP contribution in [0.5, 0.6) is 0 Å². The topological polar surface area (TPSA) is 85.0 Å². The maximum absolute atomic E-state index is 12.1. The van der Waals surface area contributed by atoms with Crippen molar-refractivity contribution < 1.29 is 14.7 Å². The molecule has 1 amide bonds. The van der Waals surface area contributed by atoms with Crippen LogP contribution < -0.4 is 10.4 Å². The highest BCUT2D eigenvalue weighted by molar-refractivity contribution is 5.96. The van der Waals surface area contributed by atoms with E-state index in [1.54, 1.807) is 36.5 Å². The molecule has 2 N–H and O–H groups in total. The summed E-state index contributed by atoms with van der Waals surface area (Å²) in [5.41, 5.74) is 2.16. The van der Waals surface area contributed by atoms with E-state index < -0.39 is 17.9 Å². The van der Waals surface area contributed by atoms with Crippen LogP contribution in [0, 0.1) is 0 Å². The molecule has 3 rings (SSSR count). The number of aromatic amines is 1. The molecule has 0 spiro atoms. The Morgan fingerprint density at radius 3 is 2.48 bits per heavy atom. The van der Waals surface area contributed by atoms with Gasteiger partial charge in [0, 0.05) is 29.1 Å². The summed E-state index contributed by atoms with van der Waals surface area (Å²) in [5.74, 6) is -1.74. The van der Waals surface area contributed by atoms with Gasteiger partial charge in [0.25, 0.3) is 5.91 Å². The number of carbonyl (C=O) groups is 2. The number of carbonyl (C=O) groups excluding carboxylic acids is 2. The van der Waals surface area contributed by atoms with Gasteiger partial charge < -0.3 is 20.2 Å². The number of amides is 1. The number of fused-ring (bicyclic) bond motifs is 1. The highest BCUT2D eigenvalue weighted by Crippen LogP contribution is 2.19. The third kappa shape index (κ3) is 3.23. The monoisotopic (exact) mass is 307 g/mol. The van der Waals surface area contributed by atoms with Gasteiger partial charge >= 0.3 is 0 Å². The zero-order valence-electron chi connectivity index (χ0n) is 12.3. The zero-order chi connectivity index (χ0) is 16.2. The van der Waals surface area contributed by atoms with E-state index in [1.807, 2.05) is 24.3 Å². The van der Waals surface area contributed by atoms with Crippen molar-refractivity contribution in [2.45, 2.75) is 12.5 Å². The molecule has 0 bridgehead atoms. The van der Waals surface area contributed by atoms with E-state index in [1.165, 1.54) is 0 Å². The van der Waals surface area contributed by atoms with Gasteiger partial charge in [-0.15, -0.1) is 0 Å². The average Bonchev–Trinajstić information content (AvgIpc) is 2.98. The van der Waals surface area contributed by atoms with Crippen molar-refractivity contribution in [3.63, 3.8) is 0 Å². The van der Waals surface area contributed by atoms with Gasteiger partial charge in [0.05, 0.1) is 12.0 Å². The van der Waals surface area contributed by atoms with E-state index in [0.717, 1.165) is 16.5 Å². The molecular weight excluding hydrogens is 292 g/mol. The Morgan fingerprint density at radius 1 is 1.04 bits per heavy atom. The fourth-order valence-electron chi connectivity index (χ4n) is 2.54. The van der Waals surface area contributed by atoms with Crippen LogP contribution >= 0.6 is 0 Å². The Bertz CT molecular complexity index is 840. The summed E-state index contributed by atoms with van der Waals surface area (Å²) < 4.78 is 0. The van der Waals surface area contributed by atoms with Gasteiger partial charge in [-0.05, 0) is 23.8 Å². The molecule has 116 valence electrons. The molecule has 0 saturated heterocycles. The van der Waals surface area contributed by atoms with Crippen molar-refractivity contribution in [2.75, 3.05) is 0 Å². The molecule has 0 radical (unpaired) electrons. The Hall–Kier alpha value is -3.08. The molecule has 3 aromatic rings. The van der Waals surface area contributed by atoms with Gasteiger partial charge in [-0.25, -0.2) is 0 Å². The van der Waals surface area contributed by atoms with Crippen LogP contribution in [0.1, 0.15) is 15.9 Å². The molecular formula is C18H15N2O3-. The third-order valence-electron chi connectivity index (χ3n) is 3.72. The minimum atomic E-state index is -1.31. The highest BCUT2D eigenvalue weighted by Gasteiger charge is 2.17. The van der Waals surface area contributed by atoms with Crippen molar-refractivity contribution in [1.82, 2.24) is 10.3 Å². The molecule has 1 aromatic heterocycles. The minimum absolute atomic E-state index is 0.158. The molecule has 0 aliphatic carbocycles. The first kappa shape index (κ1) is 14.8. The predicted octanol–water partition coefficient (Wildman–Crippen LogP) is 1.26. The lowest BCUT2D eigenvalue weighted by molar-refractivity contribution is -0.308. The Labute approximate surface area is 133 Å². The quantitative estimate of drug-likeness (QED) is 0.744. The Morgan fingerprint density at radius 2 is 1.74 bits per heavy atom. The first-order valence-corrected chi connectivity index (χ1v) is 7.27. The SMILES string of the molecule is O=C(NC(Cc1c[nH]c2ccccc12)C(=O)[O-])c1ccccc1. The van der Waals surface area contributed by atoms with Crippen LogP contribution in [-0.2, 0) is 11.2 Å². The Balaban J connectivity index is 1.80. The molecule has 1 atom stereocenters. The lowest BCUT2D eigenvalue weighted by Gasteiger charge is -2.19. The predicted molar refractivity (Wildman–Crippen MR) is 84.7 cm³/mol. The first-order chi connectivity index (χ1) is 11.1. The maximum atomic E-state index is 12.1. The molecule has 5 nitrogen and oxygen atoms in total. The van der Waals surface area contributed by atoms with Gasteiger partial charge in [0.2, 0.25) is 0 Å². The minimum Gasteiger partial charge on any atom is -0.548 e. The van der Waals surface area contributed by atoms with E-state index >= 15 is 0 Å². The molecule has 0 aliphatic rings. The Kier molecular flexibility index (Phi) is 4.10. The van der Waals surface area contributed by atoms with Crippen LogP contribution in [0.25, 0.3) is 10.9 Å². The molecule has 0 fully saturated rings. The van der Waals surface area contributed by atoms with Crippen LogP contribution in [0.3, 0.4) is 0 Å². The number of carboxylic acid groups (broad SMARTS) is 1. The number of aliphatic carboxylic acids is 1. The largest absolute Gasteiger partial charge is 0.548 e. The first-order valence-electron chi connectivity index (χ1n) is 7.27. The van der Waals surface area contributed by atoms with E-state index in [2.05, 4.69) is 10.3 Å². The van der Waals surface area contributed by atoms with Crippen LogP contribution in [0.2, 0.25) is 0 Å². The standard InChI is InChI=1S/C18H16N2O3/c21-17(12-6-2-1-3-7-12)20-16(18(22)23)10-13-11-19-15-9-5-4-8-14(13)15/h1-9,11,16,19H,10H2,(H,20,21)(H,22,23)/p-1. The molecule has 23 heavy (non-hydrogen) atoms. The molecule has 5 heteroatoms. The molecule has 0 aliphatic heterocycles. The number of hydrogen-bond acceptors (Lipinski definition) is 3. The van der Waals surface area contributed by atoms with Gasteiger partial charge in [-0.2, -0.15) is 0 Å². The van der Waals surface area contributed by atoms with Crippen LogP contribution in [-0.4, -0.2) is 22.9 Å². The zero-order valence-corrected chi connectivity index (χ0v) is 12.3. The second-order valence-corrected chi connectivity index (χ2v) is 5.27. The lowest BCUT2D eigenvalue weighted by Crippen LogP contribution is -2.49. The fourth-order valence-corrected chi connectivity index (χ4v) is 2.54. The smallest absolute Gasteiger partial charge is 0.251 e. The molecule has 2 aromatic carbocycles. The van der Waals surface area contributed by atoms with E-state index in [9.17, 15) is 14.7 Å². The number of para-hydroxylation sites is 1. The number of hydrogen-bond donors (Lipinski definition) is 2. The summed E-state index contributed by atoms with van der Waals surface area (Å²) in [4.78, 5) is 26.6. The van der Waals surface area contributed by atoms with Gasteiger partial charge in [-0.3, -0.25) is 4.79 Å². The average molecular weight is 307 g/mol. The number of benzene rings is 2. The van der Waals surface area contributed by atoms with Crippen molar-refractivity contribution in [3.8, 4) is 0 Å². The maximum Gasteiger partial charge on any atom is 0.251 e. The van der Waals surface area contributed by atoms with Crippen LogP contribution in [0.4, 0.5) is 0 Å². The summed E-state index contributed by atoms with van der Waals surface area (Å²) in [7, 11) is 0. The highest BCUT2D eigenvalue weighted by atomic mass is 16.4. The van der Waals surface area contributed by atoms with E-state index in [-0.39, 0.29) is 6.42 Å². The normalized spacial score (nSPS) is 12.0. The summed E-state index contributed by atoms with van der Waals surface area (Å²) in [6, 6.07) is 15.0. The third-order valence-corrected chi connectivity index (χ3v) is 3.72. The second-order valence-electron chi connectivity index (χ2n) is 5.27. The summed E-state index contributed by atoms with van der Waals surface area (Å²) in [6.07, 6.45) is 1.92. The van der Waals surface area contributed by atoms with Gasteiger partial charge in [0.1, 0.15) is 0 Å². The molecule has 0 saturated carbocycles. The van der Waals surface area contributed by atoms with E-state index in [0.29, 0.717) is 5.56 Å². The van der Waals surface area contributed by atoms with Gasteiger partial charge in [-0.1, -0.05) is 36.4 Å². The number of aromatic nitrogens is 1. The van der Waals surface area contributed by atoms with Crippen molar-refractivity contribution in [1.29, 1.82) is 0 Å². The summed E-state index contributed by atoms with van der Waals surface area (Å²) >= 11 is 0. The molecule has 1 unspecified atom stereocenters. The molecule has 1 heterocycles.